The van der Waals surface area contributed by atoms with Gasteiger partial charge in [-0.2, -0.15) is 0 Å². The number of thiocarbonyl (C=S) groups is 2. The number of hydrazine groups is 1. The fourth-order valence-electron chi connectivity index (χ4n) is 3.85. The van der Waals surface area contributed by atoms with Gasteiger partial charge in [-0.3, -0.25) is 10.9 Å². The maximum absolute atomic E-state index is 5.36. The second kappa shape index (κ2) is 7.01. The van der Waals surface area contributed by atoms with Crippen molar-refractivity contribution in [3.8, 4) is 0 Å². The minimum atomic E-state index is 0.508. The molecule has 3 rings (SSSR count). The molecule has 124 valence electrons. The highest BCUT2D eigenvalue weighted by Crippen LogP contribution is 2.44. The summed E-state index contributed by atoms with van der Waals surface area (Å²) in [6.07, 6.45) is 5.34. The highest BCUT2D eigenvalue weighted by Gasteiger charge is 2.39. The summed E-state index contributed by atoms with van der Waals surface area (Å²) in [6.45, 7) is 4.14. The zero-order chi connectivity index (χ0) is 16.4. The van der Waals surface area contributed by atoms with Gasteiger partial charge in [0.05, 0.1) is 0 Å². The number of rotatable bonds is 2. The van der Waals surface area contributed by atoms with E-state index in [9.17, 15) is 0 Å². The summed E-state index contributed by atoms with van der Waals surface area (Å²) in [5, 5.41) is 7.73. The van der Waals surface area contributed by atoms with Crippen LogP contribution in [0.3, 0.4) is 0 Å². The highest BCUT2D eigenvalue weighted by molar-refractivity contribution is 7.80. The molecule has 0 heterocycles. The van der Waals surface area contributed by atoms with E-state index in [0.717, 1.165) is 23.1 Å². The second-order valence-corrected chi connectivity index (χ2v) is 7.59. The van der Waals surface area contributed by atoms with Crippen molar-refractivity contribution in [3.63, 3.8) is 0 Å². The Morgan fingerprint density at radius 1 is 1.04 bits per heavy atom. The van der Waals surface area contributed by atoms with E-state index in [1.54, 1.807) is 0 Å². The second-order valence-electron chi connectivity index (χ2n) is 6.78. The van der Waals surface area contributed by atoms with Crippen molar-refractivity contribution in [2.45, 2.75) is 45.6 Å². The maximum Gasteiger partial charge on any atom is 0.189 e. The molecule has 0 aliphatic heterocycles. The van der Waals surface area contributed by atoms with Crippen LogP contribution < -0.4 is 21.5 Å². The van der Waals surface area contributed by atoms with Gasteiger partial charge in [0.1, 0.15) is 0 Å². The Kier molecular flexibility index (Phi) is 5.02. The van der Waals surface area contributed by atoms with E-state index < -0.39 is 0 Å². The lowest BCUT2D eigenvalue weighted by Crippen LogP contribution is -2.51. The first-order valence-corrected chi connectivity index (χ1v) is 9.03. The Labute approximate surface area is 148 Å². The van der Waals surface area contributed by atoms with Gasteiger partial charge < -0.3 is 10.6 Å². The fourth-order valence-corrected chi connectivity index (χ4v) is 4.21. The number of aryl methyl sites for hydroxylation is 2. The molecule has 0 unspecified atom stereocenters. The maximum atomic E-state index is 5.36. The van der Waals surface area contributed by atoms with E-state index in [1.807, 2.05) is 6.07 Å². The fraction of sp³-hybridized carbons (Fsp3) is 0.529. The molecule has 0 aromatic heterocycles. The predicted octanol–water partition coefficient (Wildman–Crippen LogP) is 3.16. The Bertz CT molecular complexity index is 617. The van der Waals surface area contributed by atoms with Crippen molar-refractivity contribution >= 4 is 40.3 Å². The third-order valence-electron chi connectivity index (χ3n) is 4.97. The van der Waals surface area contributed by atoms with Crippen molar-refractivity contribution in [1.29, 1.82) is 0 Å². The van der Waals surface area contributed by atoms with Crippen molar-refractivity contribution in [3.05, 3.63) is 29.3 Å². The number of anilines is 1. The van der Waals surface area contributed by atoms with Crippen molar-refractivity contribution in [2.75, 3.05) is 5.32 Å². The summed E-state index contributed by atoms with van der Waals surface area (Å²) >= 11 is 10.7. The molecule has 2 bridgehead atoms. The monoisotopic (exact) mass is 348 g/mol. The number of fused-ring (bicyclic) bond motifs is 2. The first-order valence-electron chi connectivity index (χ1n) is 8.22. The standard InChI is InChI=1S/C17H24N4S2/c1-10-3-6-14(11(2)7-10)18-16(22)20-21-17(23)19-15-9-12-4-5-13(15)8-12/h3,6-7,12-13,15H,4-5,8-9H2,1-2H3,(H2,18,20,22)(H2,19,21,23)/t12-,13-,15-/m0/s1. The van der Waals surface area contributed by atoms with Gasteiger partial charge in [0.2, 0.25) is 0 Å². The summed E-state index contributed by atoms with van der Waals surface area (Å²) in [5.41, 5.74) is 9.35. The van der Waals surface area contributed by atoms with Crippen molar-refractivity contribution in [2.24, 2.45) is 11.8 Å². The van der Waals surface area contributed by atoms with Crippen LogP contribution in [-0.2, 0) is 0 Å². The molecule has 0 amide bonds. The number of nitrogens with one attached hydrogen (secondary N) is 4. The first-order chi connectivity index (χ1) is 11.0. The van der Waals surface area contributed by atoms with E-state index in [1.165, 1.54) is 31.2 Å². The summed E-state index contributed by atoms with van der Waals surface area (Å²) in [5.74, 6) is 1.69. The topological polar surface area (TPSA) is 48.1 Å². The van der Waals surface area contributed by atoms with Crippen molar-refractivity contribution in [1.82, 2.24) is 16.2 Å². The lowest BCUT2D eigenvalue weighted by atomic mass is 9.96. The van der Waals surface area contributed by atoms with Crippen LogP contribution in [0.4, 0.5) is 5.69 Å². The minimum Gasteiger partial charge on any atom is -0.358 e. The van der Waals surface area contributed by atoms with Gasteiger partial charge in [-0.05, 0) is 81.0 Å². The average molecular weight is 349 g/mol. The van der Waals surface area contributed by atoms with E-state index in [4.69, 9.17) is 24.4 Å². The third-order valence-corrected chi connectivity index (χ3v) is 5.40. The largest absolute Gasteiger partial charge is 0.358 e. The van der Waals surface area contributed by atoms with Crippen LogP contribution in [0.15, 0.2) is 18.2 Å². The molecule has 1 aromatic carbocycles. The Morgan fingerprint density at radius 3 is 2.48 bits per heavy atom. The molecular formula is C17H24N4S2. The zero-order valence-electron chi connectivity index (χ0n) is 13.6. The van der Waals surface area contributed by atoms with Crippen LogP contribution >= 0.6 is 24.4 Å². The van der Waals surface area contributed by atoms with E-state index >= 15 is 0 Å². The van der Waals surface area contributed by atoms with E-state index in [2.05, 4.69) is 47.5 Å². The molecule has 2 fully saturated rings. The van der Waals surface area contributed by atoms with Crippen LogP contribution in [0.5, 0.6) is 0 Å². The number of hydrogen-bond donors (Lipinski definition) is 4. The molecule has 2 aliphatic rings. The smallest absolute Gasteiger partial charge is 0.189 e. The van der Waals surface area contributed by atoms with E-state index in [0.29, 0.717) is 16.3 Å². The summed E-state index contributed by atoms with van der Waals surface area (Å²) < 4.78 is 0. The van der Waals surface area contributed by atoms with Crippen LogP contribution in [0.2, 0.25) is 0 Å². The summed E-state index contributed by atoms with van der Waals surface area (Å²) in [7, 11) is 0. The van der Waals surface area contributed by atoms with Crippen LogP contribution in [0.25, 0.3) is 0 Å². The van der Waals surface area contributed by atoms with Gasteiger partial charge in [-0.1, -0.05) is 24.1 Å². The molecule has 0 spiro atoms. The molecule has 6 heteroatoms. The van der Waals surface area contributed by atoms with Crippen LogP contribution in [0, 0.1) is 25.7 Å². The van der Waals surface area contributed by atoms with Crippen LogP contribution in [-0.4, -0.2) is 16.3 Å². The zero-order valence-corrected chi connectivity index (χ0v) is 15.2. The van der Waals surface area contributed by atoms with E-state index in [-0.39, 0.29) is 0 Å². The average Bonchev–Trinajstić information content (AvgIpc) is 3.11. The van der Waals surface area contributed by atoms with Gasteiger partial charge in [-0.15, -0.1) is 0 Å². The van der Waals surface area contributed by atoms with Gasteiger partial charge in [0.25, 0.3) is 0 Å². The van der Waals surface area contributed by atoms with Crippen molar-refractivity contribution < 1.29 is 0 Å². The lowest BCUT2D eigenvalue weighted by Gasteiger charge is -2.25. The molecule has 2 aliphatic carbocycles. The molecule has 0 radical (unpaired) electrons. The Morgan fingerprint density at radius 2 is 1.83 bits per heavy atom. The Hall–Kier alpha value is -1.40. The quantitative estimate of drug-likeness (QED) is 0.487. The SMILES string of the molecule is Cc1ccc(NC(=S)NNC(=S)N[C@H]2C[C@H]3CC[C@H]2C3)c(C)c1. The van der Waals surface area contributed by atoms with Gasteiger partial charge in [-0.25, -0.2) is 0 Å². The molecule has 3 atom stereocenters. The van der Waals surface area contributed by atoms with Gasteiger partial charge >= 0.3 is 0 Å². The van der Waals surface area contributed by atoms with Crippen LogP contribution in [0.1, 0.15) is 36.8 Å². The molecule has 2 saturated carbocycles. The highest BCUT2D eigenvalue weighted by atomic mass is 32.1. The molecule has 4 N–H and O–H groups in total. The Balaban J connectivity index is 1.42. The number of hydrogen-bond acceptors (Lipinski definition) is 2. The molecule has 0 saturated heterocycles. The molecule has 1 aromatic rings. The molecular weight excluding hydrogens is 324 g/mol. The third kappa shape index (κ3) is 4.12. The summed E-state index contributed by atoms with van der Waals surface area (Å²) in [4.78, 5) is 0. The molecule has 23 heavy (non-hydrogen) atoms. The normalized spacial score (nSPS) is 25.0. The molecule has 4 nitrogen and oxygen atoms in total. The van der Waals surface area contributed by atoms with Gasteiger partial charge in [0.15, 0.2) is 10.2 Å². The minimum absolute atomic E-state index is 0.508. The first kappa shape index (κ1) is 16.5. The lowest BCUT2D eigenvalue weighted by molar-refractivity contribution is 0.389. The predicted molar refractivity (Wildman–Crippen MR) is 103 cm³/mol. The summed E-state index contributed by atoms with van der Waals surface area (Å²) in [6, 6.07) is 6.74. The van der Waals surface area contributed by atoms with Gasteiger partial charge in [0, 0.05) is 11.7 Å². The number of benzene rings is 1.